The first-order chi connectivity index (χ1) is 22.5. The molecule has 2 amide bonds. The van der Waals surface area contributed by atoms with Crippen molar-refractivity contribution in [2.75, 3.05) is 32.7 Å². The molecular formula is C40H66N6O2. The van der Waals surface area contributed by atoms with Gasteiger partial charge in [-0.25, -0.2) is 0 Å². The van der Waals surface area contributed by atoms with E-state index in [-0.39, 0.29) is 34.7 Å². The fraction of sp³-hybridized carbons (Fsp3) is 0.650. The highest BCUT2D eigenvalue weighted by Gasteiger charge is 2.41. The van der Waals surface area contributed by atoms with Gasteiger partial charge < -0.3 is 32.3 Å². The van der Waals surface area contributed by atoms with Crippen LogP contribution in [0.15, 0.2) is 48.5 Å². The summed E-state index contributed by atoms with van der Waals surface area (Å²) in [7, 11) is 0. The number of unbranched alkanes of at least 4 members (excludes halogenated alkanes) is 1. The van der Waals surface area contributed by atoms with Crippen molar-refractivity contribution in [2.24, 2.45) is 23.1 Å². The quantitative estimate of drug-likeness (QED) is 0.201. The van der Waals surface area contributed by atoms with E-state index in [0.717, 1.165) is 49.9 Å². The molecule has 2 aromatic rings. The third-order valence-corrected chi connectivity index (χ3v) is 9.65. The van der Waals surface area contributed by atoms with Gasteiger partial charge in [-0.05, 0) is 77.7 Å². The minimum Gasteiger partial charge on any atom is -0.335 e. The Morgan fingerprint density at radius 1 is 0.729 bits per heavy atom. The van der Waals surface area contributed by atoms with Crippen LogP contribution in [0.4, 0.5) is 0 Å². The molecule has 0 aromatic heterocycles. The maximum absolute atomic E-state index is 14.1. The smallest absolute Gasteiger partial charge is 0.240 e. The van der Waals surface area contributed by atoms with E-state index in [1.54, 1.807) is 0 Å². The van der Waals surface area contributed by atoms with Gasteiger partial charge in [0.1, 0.15) is 0 Å². The highest BCUT2D eigenvalue weighted by Crippen LogP contribution is 2.27. The van der Waals surface area contributed by atoms with Crippen molar-refractivity contribution >= 4 is 11.8 Å². The molecule has 0 saturated carbocycles. The van der Waals surface area contributed by atoms with Crippen LogP contribution in [0.3, 0.4) is 0 Å². The average molecular weight is 663 g/mol. The maximum Gasteiger partial charge on any atom is 0.240 e. The number of hydrogen-bond acceptors (Lipinski definition) is 6. The summed E-state index contributed by atoms with van der Waals surface area (Å²) >= 11 is 0. The summed E-state index contributed by atoms with van der Waals surface area (Å²) in [6.45, 7) is 20.7. The summed E-state index contributed by atoms with van der Waals surface area (Å²) in [4.78, 5) is 32.2. The topological polar surface area (TPSA) is 131 Å². The lowest BCUT2D eigenvalue weighted by Gasteiger charge is -2.48. The van der Waals surface area contributed by atoms with E-state index in [1.165, 1.54) is 11.1 Å². The summed E-state index contributed by atoms with van der Waals surface area (Å²) < 4.78 is 0. The van der Waals surface area contributed by atoms with Gasteiger partial charge in [-0.15, -0.1) is 0 Å². The Labute approximate surface area is 291 Å². The number of nitrogens with zero attached hydrogens (tertiary/aromatic N) is 2. The maximum atomic E-state index is 14.1. The van der Waals surface area contributed by atoms with Crippen LogP contribution in [0.5, 0.6) is 0 Å². The van der Waals surface area contributed by atoms with Gasteiger partial charge in [-0.3, -0.25) is 9.59 Å². The highest BCUT2D eigenvalue weighted by atomic mass is 16.2. The molecule has 1 aliphatic rings. The fourth-order valence-corrected chi connectivity index (χ4v) is 6.73. The number of carbonyl (C=O) groups is 2. The van der Waals surface area contributed by atoms with Gasteiger partial charge in [0.2, 0.25) is 11.8 Å². The van der Waals surface area contributed by atoms with Crippen LogP contribution >= 0.6 is 0 Å². The summed E-state index contributed by atoms with van der Waals surface area (Å²) in [6, 6.07) is 15.4. The molecule has 48 heavy (non-hydrogen) atoms. The second-order valence-corrected chi connectivity index (χ2v) is 16.5. The van der Waals surface area contributed by atoms with Crippen molar-refractivity contribution in [3.05, 3.63) is 70.8 Å². The van der Waals surface area contributed by atoms with Crippen molar-refractivity contribution < 1.29 is 9.59 Å². The van der Waals surface area contributed by atoms with E-state index in [1.807, 2.05) is 9.80 Å². The molecule has 2 unspecified atom stereocenters. The van der Waals surface area contributed by atoms with Crippen molar-refractivity contribution in [1.29, 1.82) is 0 Å². The molecule has 2 aromatic carbocycles. The zero-order chi connectivity index (χ0) is 35.6. The minimum absolute atomic E-state index is 0.0366. The molecule has 3 rings (SSSR count). The highest BCUT2D eigenvalue weighted by molar-refractivity contribution is 5.85. The van der Waals surface area contributed by atoms with Gasteiger partial charge in [0.05, 0.1) is 12.1 Å². The van der Waals surface area contributed by atoms with Gasteiger partial charge in [-0.2, -0.15) is 0 Å². The molecule has 8 nitrogen and oxygen atoms in total. The van der Waals surface area contributed by atoms with E-state index in [4.69, 9.17) is 17.2 Å². The number of carbonyl (C=O) groups excluding carboxylic acids is 2. The largest absolute Gasteiger partial charge is 0.335 e. The van der Waals surface area contributed by atoms with Crippen molar-refractivity contribution in [1.82, 2.24) is 15.1 Å². The summed E-state index contributed by atoms with van der Waals surface area (Å²) in [6.07, 6.45) is 4.45. The number of nitrogens with one attached hydrogen (secondary N) is 1. The number of piperazine rings is 1. The monoisotopic (exact) mass is 663 g/mol. The summed E-state index contributed by atoms with van der Waals surface area (Å²) in [5.74, 6) is 0.277. The Bertz CT molecular complexity index is 1280. The van der Waals surface area contributed by atoms with Crippen LogP contribution in [0.25, 0.3) is 0 Å². The molecule has 1 aliphatic heterocycles. The van der Waals surface area contributed by atoms with Crippen molar-refractivity contribution in [3.63, 3.8) is 0 Å². The summed E-state index contributed by atoms with van der Waals surface area (Å²) in [5.41, 5.74) is 23.7. The molecule has 4 atom stereocenters. The van der Waals surface area contributed by atoms with Crippen LogP contribution in [0.2, 0.25) is 0 Å². The zero-order valence-electron chi connectivity index (χ0n) is 31.2. The Kier molecular flexibility index (Phi) is 14.7. The van der Waals surface area contributed by atoms with Crippen LogP contribution < -0.4 is 22.5 Å². The SMILES string of the molecule is CC(C)C[C@@H]1CN(C(=O)C(N)Cc2ccc(C(C)(C)C)cc2)[C@@H](CCCCNCCN)CN1C(=O)C(N)Cc1ccc(C(C)(C)C)cc1. The standard InChI is InChI=1S/C40H66N6O2/c1-28(2)23-34-27-45(37(47)35(42)24-29-12-16-31(17-13-29)39(3,4)5)33(11-9-10-21-44-22-20-41)26-46(34)38(48)36(43)25-30-14-18-32(19-15-30)40(6,7)8/h12-19,28,33-36,44H,9-11,20-27,41-43H2,1-8H3/t33-,34+,35?,36?/m0/s1. The first-order valence-corrected chi connectivity index (χ1v) is 18.2. The third kappa shape index (κ3) is 11.7. The van der Waals surface area contributed by atoms with E-state index in [2.05, 4.69) is 109 Å². The lowest BCUT2D eigenvalue weighted by molar-refractivity contribution is -0.149. The lowest BCUT2D eigenvalue weighted by Crippen LogP contribution is -2.65. The normalized spacial score (nSPS) is 18.7. The van der Waals surface area contributed by atoms with E-state index < -0.39 is 12.1 Å². The number of nitrogens with two attached hydrogens (primary N) is 3. The van der Waals surface area contributed by atoms with E-state index in [9.17, 15) is 9.59 Å². The predicted octanol–water partition coefficient (Wildman–Crippen LogP) is 4.89. The van der Waals surface area contributed by atoms with Gasteiger partial charge in [0.15, 0.2) is 0 Å². The molecule has 0 radical (unpaired) electrons. The Morgan fingerprint density at radius 2 is 1.17 bits per heavy atom. The van der Waals surface area contributed by atoms with Gasteiger partial charge in [0.25, 0.3) is 0 Å². The second-order valence-electron chi connectivity index (χ2n) is 16.5. The first-order valence-electron chi connectivity index (χ1n) is 18.2. The van der Waals surface area contributed by atoms with Crippen LogP contribution in [-0.4, -0.2) is 78.5 Å². The van der Waals surface area contributed by atoms with Crippen molar-refractivity contribution in [2.45, 2.75) is 129 Å². The fourth-order valence-electron chi connectivity index (χ4n) is 6.73. The molecule has 268 valence electrons. The van der Waals surface area contributed by atoms with Gasteiger partial charge >= 0.3 is 0 Å². The molecule has 1 heterocycles. The zero-order valence-corrected chi connectivity index (χ0v) is 31.2. The minimum atomic E-state index is -0.653. The van der Waals surface area contributed by atoms with Crippen LogP contribution in [0.1, 0.15) is 103 Å². The molecule has 0 aliphatic carbocycles. The van der Waals surface area contributed by atoms with E-state index >= 15 is 0 Å². The van der Waals surface area contributed by atoms with Gasteiger partial charge in [-0.1, -0.05) is 110 Å². The Balaban J connectivity index is 1.80. The van der Waals surface area contributed by atoms with Crippen molar-refractivity contribution in [3.8, 4) is 0 Å². The predicted molar refractivity (Wildman–Crippen MR) is 200 cm³/mol. The average Bonchev–Trinajstić information content (AvgIpc) is 3.01. The molecule has 1 fully saturated rings. The third-order valence-electron chi connectivity index (χ3n) is 9.65. The molecule has 0 spiro atoms. The Morgan fingerprint density at radius 3 is 1.58 bits per heavy atom. The van der Waals surface area contributed by atoms with E-state index in [0.29, 0.717) is 38.4 Å². The number of rotatable bonds is 15. The Hall–Kier alpha value is -2.78. The second kappa shape index (κ2) is 17.7. The molecule has 8 heteroatoms. The molecular weight excluding hydrogens is 596 g/mol. The van der Waals surface area contributed by atoms with Gasteiger partial charge in [0, 0.05) is 38.3 Å². The lowest BCUT2D eigenvalue weighted by atomic mass is 9.86. The number of hydrogen-bond donors (Lipinski definition) is 4. The summed E-state index contributed by atoms with van der Waals surface area (Å²) in [5, 5.41) is 3.36. The number of benzene rings is 2. The number of amides is 2. The van der Waals surface area contributed by atoms with Crippen LogP contribution in [0, 0.1) is 5.92 Å². The molecule has 1 saturated heterocycles. The van der Waals surface area contributed by atoms with Crippen LogP contribution in [-0.2, 0) is 33.3 Å². The first kappa shape index (κ1) is 39.7. The molecule has 0 bridgehead atoms. The molecule has 7 N–H and O–H groups in total.